The molecule has 1 rings (SSSR count). The lowest BCUT2D eigenvalue weighted by Crippen LogP contribution is -2.18. The summed E-state index contributed by atoms with van der Waals surface area (Å²) < 4.78 is 5.02. The van der Waals surface area contributed by atoms with Crippen molar-refractivity contribution >= 4 is 0 Å². The molecule has 0 bridgehead atoms. The first-order valence-corrected chi connectivity index (χ1v) is 4.41. The van der Waals surface area contributed by atoms with E-state index in [2.05, 4.69) is 18.8 Å². The van der Waals surface area contributed by atoms with Gasteiger partial charge in [-0.25, -0.2) is 4.98 Å². The maximum Gasteiger partial charge on any atom is 0.213 e. The van der Waals surface area contributed by atoms with E-state index in [1.165, 1.54) is 0 Å². The molecule has 72 valence electrons. The fourth-order valence-corrected chi connectivity index (χ4v) is 1.07. The quantitative estimate of drug-likeness (QED) is 0.770. The molecule has 3 nitrogen and oxygen atoms in total. The highest BCUT2D eigenvalue weighted by atomic mass is 16.5. The molecule has 0 aliphatic heterocycles. The van der Waals surface area contributed by atoms with Gasteiger partial charge < -0.3 is 10.5 Å². The van der Waals surface area contributed by atoms with Crippen LogP contribution in [0.4, 0.5) is 0 Å². The molecule has 0 fully saturated rings. The summed E-state index contributed by atoms with van der Waals surface area (Å²) in [6.07, 6.45) is 0. The van der Waals surface area contributed by atoms with Crippen LogP contribution in [0.1, 0.15) is 25.6 Å². The summed E-state index contributed by atoms with van der Waals surface area (Å²) in [6.45, 7) is 4.15. The fourth-order valence-electron chi connectivity index (χ4n) is 1.07. The molecule has 13 heavy (non-hydrogen) atoms. The molecule has 0 radical (unpaired) electrons. The summed E-state index contributed by atoms with van der Waals surface area (Å²) in [5.41, 5.74) is 6.83. The molecule has 0 saturated heterocycles. The van der Waals surface area contributed by atoms with E-state index in [-0.39, 0.29) is 6.04 Å². The van der Waals surface area contributed by atoms with Gasteiger partial charge in [-0.2, -0.15) is 0 Å². The molecule has 1 aromatic rings. The number of nitrogens with zero attached hydrogens (tertiary/aromatic N) is 1. The van der Waals surface area contributed by atoms with E-state index < -0.39 is 0 Å². The van der Waals surface area contributed by atoms with Crippen LogP contribution in [0.3, 0.4) is 0 Å². The summed E-state index contributed by atoms with van der Waals surface area (Å²) in [6, 6.07) is 5.63. The van der Waals surface area contributed by atoms with Gasteiger partial charge in [-0.15, -0.1) is 0 Å². The molecular formula is C10H16N2O. The average Bonchev–Trinajstić information content (AvgIpc) is 2.16. The molecule has 2 N–H and O–H groups in total. The highest BCUT2D eigenvalue weighted by Crippen LogP contribution is 2.18. The van der Waals surface area contributed by atoms with Crippen molar-refractivity contribution in [2.45, 2.75) is 19.9 Å². The predicted molar refractivity (Wildman–Crippen MR) is 52.6 cm³/mol. The number of aromatic nitrogens is 1. The molecule has 0 amide bonds. The lowest BCUT2D eigenvalue weighted by molar-refractivity contribution is 0.391. The largest absolute Gasteiger partial charge is 0.481 e. The average molecular weight is 180 g/mol. The van der Waals surface area contributed by atoms with Gasteiger partial charge in [0.15, 0.2) is 0 Å². The third-order valence-corrected chi connectivity index (χ3v) is 2.01. The second-order valence-electron chi connectivity index (χ2n) is 3.37. The van der Waals surface area contributed by atoms with Crippen molar-refractivity contribution in [3.05, 3.63) is 23.9 Å². The summed E-state index contributed by atoms with van der Waals surface area (Å²) in [5.74, 6) is 1.01. The maximum atomic E-state index is 5.94. The number of ether oxygens (including phenoxy) is 1. The minimum Gasteiger partial charge on any atom is -0.481 e. The second-order valence-corrected chi connectivity index (χ2v) is 3.37. The van der Waals surface area contributed by atoms with E-state index in [1.807, 2.05) is 18.2 Å². The minimum absolute atomic E-state index is 0.0184. The molecule has 1 heterocycles. The van der Waals surface area contributed by atoms with Gasteiger partial charge in [-0.1, -0.05) is 19.9 Å². The van der Waals surface area contributed by atoms with Crippen LogP contribution in [0.5, 0.6) is 5.88 Å². The second kappa shape index (κ2) is 4.23. The number of hydrogen-bond acceptors (Lipinski definition) is 3. The van der Waals surface area contributed by atoms with Crippen molar-refractivity contribution in [2.75, 3.05) is 7.11 Å². The third kappa shape index (κ3) is 2.42. The van der Waals surface area contributed by atoms with Crippen LogP contribution in [-0.2, 0) is 0 Å². The molecule has 1 atom stereocenters. The maximum absolute atomic E-state index is 5.94. The standard InChI is InChI=1S/C10H16N2O/c1-7(2)10(11)8-5-4-6-9(12-8)13-3/h4-7,10H,11H2,1-3H3/t10-/m1/s1. The summed E-state index contributed by atoms with van der Waals surface area (Å²) in [5, 5.41) is 0. The van der Waals surface area contributed by atoms with Gasteiger partial charge in [0.2, 0.25) is 5.88 Å². The Labute approximate surface area is 78.9 Å². The Bertz CT molecular complexity index is 273. The number of pyridine rings is 1. The fraction of sp³-hybridized carbons (Fsp3) is 0.500. The lowest BCUT2D eigenvalue weighted by Gasteiger charge is -2.15. The van der Waals surface area contributed by atoms with Gasteiger partial charge in [0.05, 0.1) is 12.8 Å². The van der Waals surface area contributed by atoms with Crippen molar-refractivity contribution < 1.29 is 4.74 Å². The van der Waals surface area contributed by atoms with E-state index in [0.717, 1.165) is 5.69 Å². The van der Waals surface area contributed by atoms with E-state index in [4.69, 9.17) is 10.5 Å². The van der Waals surface area contributed by atoms with Crippen LogP contribution in [0, 0.1) is 5.92 Å². The van der Waals surface area contributed by atoms with Crippen LogP contribution in [0.2, 0.25) is 0 Å². The minimum atomic E-state index is -0.0184. The molecule has 0 aliphatic carbocycles. The van der Waals surface area contributed by atoms with Gasteiger partial charge in [0.25, 0.3) is 0 Å². The number of hydrogen-bond donors (Lipinski definition) is 1. The van der Waals surface area contributed by atoms with Gasteiger partial charge >= 0.3 is 0 Å². The van der Waals surface area contributed by atoms with Crippen molar-refractivity contribution in [2.24, 2.45) is 11.7 Å². The van der Waals surface area contributed by atoms with Crippen molar-refractivity contribution in [3.63, 3.8) is 0 Å². The summed E-state index contributed by atoms with van der Waals surface area (Å²) >= 11 is 0. The highest BCUT2D eigenvalue weighted by Gasteiger charge is 2.11. The molecule has 3 heteroatoms. The third-order valence-electron chi connectivity index (χ3n) is 2.01. The Balaban J connectivity index is 2.88. The Kier molecular flexibility index (Phi) is 3.25. The molecule has 0 saturated carbocycles. The number of rotatable bonds is 3. The topological polar surface area (TPSA) is 48.1 Å². The SMILES string of the molecule is COc1cccc([C@H](N)C(C)C)n1. The van der Waals surface area contributed by atoms with Crippen molar-refractivity contribution in [1.29, 1.82) is 0 Å². The molecule has 1 aromatic heterocycles. The van der Waals surface area contributed by atoms with Gasteiger partial charge in [-0.3, -0.25) is 0 Å². The first-order chi connectivity index (χ1) is 6.15. The molecular weight excluding hydrogens is 164 g/mol. The Hall–Kier alpha value is -1.09. The van der Waals surface area contributed by atoms with E-state index in [0.29, 0.717) is 11.8 Å². The number of methoxy groups -OCH3 is 1. The van der Waals surface area contributed by atoms with E-state index in [1.54, 1.807) is 7.11 Å². The Morgan fingerprint density at radius 3 is 2.62 bits per heavy atom. The zero-order valence-electron chi connectivity index (χ0n) is 8.32. The normalized spacial score (nSPS) is 13.0. The first kappa shape index (κ1) is 9.99. The lowest BCUT2D eigenvalue weighted by atomic mass is 10.0. The zero-order chi connectivity index (χ0) is 9.84. The molecule has 0 aromatic carbocycles. The van der Waals surface area contributed by atoms with Crippen LogP contribution >= 0.6 is 0 Å². The van der Waals surface area contributed by atoms with Crippen LogP contribution in [0.25, 0.3) is 0 Å². The first-order valence-electron chi connectivity index (χ1n) is 4.41. The van der Waals surface area contributed by atoms with E-state index >= 15 is 0 Å². The Morgan fingerprint density at radius 1 is 1.38 bits per heavy atom. The zero-order valence-corrected chi connectivity index (χ0v) is 8.32. The van der Waals surface area contributed by atoms with Gasteiger partial charge in [-0.05, 0) is 12.0 Å². The smallest absolute Gasteiger partial charge is 0.213 e. The monoisotopic (exact) mass is 180 g/mol. The van der Waals surface area contributed by atoms with Crippen LogP contribution in [0.15, 0.2) is 18.2 Å². The van der Waals surface area contributed by atoms with Crippen molar-refractivity contribution in [1.82, 2.24) is 4.98 Å². The summed E-state index contributed by atoms with van der Waals surface area (Å²) in [4.78, 5) is 4.27. The number of nitrogens with two attached hydrogens (primary N) is 1. The predicted octanol–water partition coefficient (Wildman–Crippen LogP) is 1.75. The molecule has 0 spiro atoms. The van der Waals surface area contributed by atoms with Gasteiger partial charge in [0, 0.05) is 12.1 Å². The van der Waals surface area contributed by atoms with Crippen LogP contribution in [-0.4, -0.2) is 12.1 Å². The van der Waals surface area contributed by atoms with Crippen LogP contribution < -0.4 is 10.5 Å². The van der Waals surface area contributed by atoms with E-state index in [9.17, 15) is 0 Å². The summed E-state index contributed by atoms with van der Waals surface area (Å²) in [7, 11) is 1.60. The Morgan fingerprint density at radius 2 is 2.08 bits per heavy atom. The molecule has 0 aliphatic rings. The highest BCUT2D eigenvalue weighted by molar-refractivity contribution is 5.18. The van der Waals surface area contributed by atoms with Crippen molar-refractivity contribution in [3.8, 4) is 5.88 Å². The molecule has 0 unspecified atom stereocenters. The van der Waals surface area contributed by atoms with Gasteiger partial charge in [0.1, 0.15) is 0 Å².